The summed E-state index contributed by atoms with van der Waals surface area (Å²) in [6.45, 7) is 6.26. The van der Waals surface area contributed by atoms with Crippen molar-refractivity contribution in [3.63, 3.8) is 0 Å². The molecular formula is C41H50FN3O6Si. The number of hydrogen-bond acceptors (Lipinski definition) is 6. The van der Waals surface area contributed by atoms with Crippen LogP contribution in [0.15, 0.2) is 66.7 Å². The van der Waals surface area contributed by atoms with Gasteiger partial charge in [-0.1, -0.05) is 56.2 Å². The smallest absolute Gasteiger partial charge is 0.264 e. The summed E-state index contributed by atoms with van der Waals surface area (Å²) in [7, 11) is -1.96. The van der Waals surface area contributed by atoms with Gasteiger partial charge in [0, 0.05) is 42.2 Å². The lowest BCUT2D eigenvalue weighted by Crippen LogP contribution is -2.48. The lowest BCUT2D eigenvalue weighted by molar-refractivity contribution is -0.151. The number of amides is 3. The fourth-order valence-electron chi connectivity index (χ4n) is 9.24. The highest BCUT2D eigenvalue weighted by molar-refractivity contribution is 6.72. The second-order valence-corrected chi connectivity index (χ2v) is 19.3. The van der Waals surface area contributed by atoms with Crippen LogP contribution in [-0.4, -0.2) is 68.5 Å². The first-order valence-electron chi connectivity index (χ1n) is 18.7. The lowest BCUT2D eigenvalue weighted by atomic mass is 9.82. The Bertz CT molecular complexity index is 1830. The summed E-state index contributed by atoms with van der Waals surface area (Å²) in [5.41, 5.74) is 2.97. The number of benzene rings is 3. The molecule has 3 aromatic carbocycles. The Hall–Kier alpha value is -4.06. The zero-order chi connectivity index (χ0) is 36.8. The van der Waals surface area contributed by atoms with Crippen LogP contribution < -0.4 is 14.5 Å². The number of nitrogens with zero attached hydrogens (tertiary/aromatic N) is 3. The molecule has 3 aromatic rings. The number of aliphatic hydroxyl groups is 1. The molecule has 4 aliphatic heterocycles. The summed E-state index contributed by atoms with van der Waals surface area (Å²) >= 11 is 0. The number of methoxy groups -OCH3 is 1. The van der Waals surface area contributed by atoms with E-state index >= 15 is 4.11 Å². The molecule has 1 spiro atoms. The number of ether oxygens (including phenoxy) is 2. The number of rotatable bonds is 8. The molecular weight excluding hydrogens is 678 g/mol. The molecule has 3 amide bonds. The molecule has 52 heavy (non-hydrogen) atoms. The van der Waals surface area contributed by atoms with Crippen LogP contribution >= 0.6 is 0 Å². The third-order valence-corrected chi connectivity index (χ3v) is 14.3. The van der Waals surface area contributed by atoms with Crippen molar-refractivity contribution in [2.75, 3.05) is 30.1 Å². The highest BCUT2D eigenvalue weighted by atomic mass is 28.4. The minimum absolute atomic E-state index is 0.0982. The van der Waals surface area contributed by atoms with Gasteiger partial charge in [-0.3, -0.25) is 14.4 Å². The molecule has 11 heteroatoms. The minimum Gasteiger partial charge on any atom is -0.497 e. The Balaban J connectivity index is 1.19. The Morgan fingerprint density at radius 2 is 1.75 bits per heavy atom. The number of aliphatic hydroxyl groups excluding tert-OH is 1. The van der Waals surface area contributed by atoms with Crippen molar-refractivity contribution in [1.82, 2.24) is 4.90 Å². The van der Waals surface area contributed by atoms with Crippen LogP contribution in [0.3, 0.4) is 0 Å². The van der Waals surface area contributed by atoms with E-state index in [0.29, 0.717) is 42.9 Å². The zero-order valence-corrected chi connectivity index (χ0v) is 31.6. The predicted octanol–water partition coefficient (Wildman–Crippen LogP) is 6.65. The molecule has 9 nitrogen and oxygen atoms in total. The van der Waals surface area contributed by atoms with Crippen LogP contribution in [0, 0.1) is 5.92 Å². The molecule has 0 bridgehead atoms. The average Bonchev–Trinajstić information content (AvgIpc) is 3.55. The molecule has 5 atom stereocenters. The number of hydrogen-bond donors (Lipinski definition) is 1. The van der Waals surface area contributed by atoms with Crippen LogP contribution in [0.1, 0.15) is 67.7 Å². The summed E-state index contributed by atoms with van der Waals surface area (Å²) in [5.74, 6) is -0.395. The minimum atomic E-state index is -3.53. The van der Waals surface area contributed by atoms with E-state index in [2.05, 4.69) is 0 Å². The van der Waals surface area contributed by atoms with E-state index < -0.39 is 37.6 Å². The fraction of sp³-hybridized carbons (Fsp3) is 0.488. The van der Waals surface area contributed by atoms with E-state index in [1.165, 1.54) is 0 Å². The van der Waals surface area contributed by atoms with E-state index in [1.807, 2.05) is 78.6 Å². The van der Waals surface area contributed by atoms with E-state index in [-0.39, 0.29) is 37.3 Å². The first-order chi connectivity index (χ1) is 25.0. The van der Waals surface area contributed by atoms with Crippen LogP contribution in [0.5, 0.6) is 5.75 Å². The quantitative estimate of drug-likeness (QED) is 0.206. The van der Waals surface area contributed by atoms with Gasteiger partial charge >= 0.3 is 0 Å². The Labute approximate surface area is 306 Å². The number of carbonyl (C=O) groups excluding carboxylic acids is 3. The maximum Gasteiger partial charge on any atom is 0.264 e. The van der Waals surface area contributed by atoms with Crippen molar-refractivity contribution < 1.29 is 33.1 Å². The van der Waals surface area contributed by atoms with Crippen molar-refractivity contribution in [1.29, 1.82) is 0 Å². The molecule has 2 saturated heterocycles. The second kappa shape index (κ2) is 14.4. The monoisotopic (exact) mass is 727 g/mol. The van der Waals surface area contributed by atoms with E-state index in [0.717, 1.165) is 48.1 Å². The van der Waals surface area contributed by atoms with Crippen molar-refractivity contribution in [2.45, 2.75) is 101 Å². The average molecular weight is 728 g/mol. The summed E-state index contributed by atoms with van der Waals surface area (Å²) in [6.07, 6.45) is 4.21. The molecule has 0 unspecified atom stereocenters. The van der Waals surface area contributed by atoms with Gasteiger partial charge in [0.15, 0.2) is 5.60 Å². The van der Waals surface area contributed by atoms with Crippen LogP contribution in [-0.2, 0) is 44.2 Å². The molecule has 4 heterocycles. The van der Waals surface area contributed by atoms with Gasteiger partial charge in [0.05, 0.1) is 44.5 Å². The number of carbonyl (C=O) groups is 3. The first-order valence-corrected chi connectivity index (χ1v) is 21.7. The maximum absolute atomic E-state index is 16.5. The molecule has 0 aromatic heterocycles. The summed E-state index contributed by atoms with van der Waals surface area (Å²) in [4.78, 5) is 47.2. The van der Waals surface area contributed by atoms with Crippen LogP contribution in [0.2, 0.25) is 18.6 Å². The van der Waals surface area contributed by atoms with Crippen molar-refractivity contribution >= 4 is 37.5 Å². The maximum atomic E-state index is 16.5. The van der Waals surface area contributed by atoms with Gasteiger partial charge in [-0.05, 0) is 79.4 Å². The van der Waals surface area contributed by atoms with Gasteiger partial charge in [-0.25, -0.2) is 0 Å². The van der Waals surface area contributed by atoms with Crippen LogP contribution in [0.4, 0.5) is 15.5 Å². The van der Waals surface area contributed by atoms with Crippen molar-refractivity contribution in [3.05, 3.63) is 89.0 Å². The second-order valence-electron chi connectivity index (χ2n) is 15.5. The van der Waals surface area contributed by atoms with Gasteiger partial charge in [0.1, 0.15) is 5.75 Å². The Morgan fingerprint density at radius 1 is 1.02 bits per heavy atom. The van der Waals surface area contributed by atoms with Gasteiger partial charge in [0.2, 0.25) is 20.2 Å². The third kappa shape index (κ3) is 6.45. The zero-order valence-electron chi connectivity index (χ0n) is 30.6. The van der Waals surface area contributed by atoms with E-state index in [9.17, 15) is 19.5 Å². The third-order valence-electron chi connectivity index (χ3n) is 11.8. The summed E-state index contributed by atoms with van der Waals surface area (Å²) in [5, 5.41) is 10.3. The standard InChI is InChI=1S/C41H50FN3O6Si/c1-27-39(52(3,4)42)36(23-38(48)44-25-30-12-9-8-11-29(30)21-32(44)26-46)51-41(27)34-22-33(50-2)18-19-35(34)45(40(41)49)24-28-14-16-31(17-15-28)43-20-10-6-5-7-13-37(43)47/h8-9,11-12,14-19,22,27,32,36,39,46H,5-7,10,13,20-21,23-26H2,1-4H3/t27-,32+,36+,39-,41+/m1/s1. The molecule has 2 fully saturated rings. The van der Waals surface area contributed by atoms with Crippen molar-refractivity contribution in [2.24, 2.45) is 5.92 Å². The highest BCUT2D eigenvalue weighted by Crippen LogP contribution is 2.61. The predicted molar refractivity (Wildman–Crippen MR) is 200 cm³/mol. The van der Waals surface area contributed by atoms with Crippen molar-refractivity contribution in [3.8, 4) is 5.75 Å². The first kappa shape index (κ1) is 36.3. The Kier molecular flexibility index (Phi) is 10.1. The van der Waals surface area contributed by atoms with Gasteiger partial charge in [0.25, 0.3) is 5.91 Å². The highest BCUT2D eigenvalue weighted by Gasteiger charge is 2.67. The Morgan fingerprint density at radius 3 is 2.46 bits per heavy atom. The van der Waals surface area contributed by atoms with E-state index in [1.54, 1.807) is 30.0 Å². The molecule has 0 saturated carbocycles. The molecule has 0 radical (unpaired) electrons. The van der Waals surface area contributed by atoms with Crippen LogP contribution in [0.25, 0.3) is 0 Å². The molecule has 7 rings (SSSR count). The SMILES string of the molecule is COc1ccc2c(c1)[C@]1(O[C@@H](CC(=O)N3Cc4ccccc4C[C@H]3CO)[C@H]([Si](C)(C)F)[C@H]1C)C(=O)N2Cc1ccc(N2CCCCCCC2=O)cc1. The van der Waals surface area contributed by atoms with Gasteiger partial charge in [-0.15, -0.1) is 0 Å². The van der Waals surface area contributed by atoms with Gasteiger partial charge in [-0.2, -0.15) is 0 Å². The number of anilines is 2. The van der Waals surface area contributed by atoms with Gasteiger partial charge < -0.3 is 33.4 Å². The molecule has 276 valence electrons. The summed E-state index contributed by atoms with van der Waals surface area (Å²) < 4.78 is 29.0. The summed E-state index contributed by atoms with van der Waals surface area (Å²) in [6, 6.07) is 20.8. The molecule has 1 N–H and O–H groups in total. The van der Waals surface area contributed by atoms with E-state index in [4.69, 9.17) is 9.47 Å². The lowest BCUT2D eigenvalue weighted by Gasteiger charge is -2.37. The molecule has 0 aliphatic carbocycles. The molecule has 4 aliphatic rings. The largest absolute Gasteiger partial charge is 0.497 e. The number of fused-ring (bicyclic) bond motifs is 3. The fourth-order valence-corrected chi connectivity index (χ4v) is 11.7. The number of halogens is 1. The normalized spacial score (nSPS) is 26.3. The topological polar surface area (TPSA) is 99.6 Å².